The van der Waals surface area contributed by atoms with Gasteiger partial charge in [-0.05, 0) is 24.3 Å². The summed E-state index contributed by atoms with van der Waals surface area (Å²) in [5.41, 5.74) is 4.77. The molecule has 2 aromatic carbocycles. The van der Waals surface area contributed by atoms with Gasteiger partial charge in [0.2, 0.25) is 0 Å². The third-order valence-corrected chi connectivity index (χ3v) is 2.58. The minimum absolute atomic E-state index is 0.358. The minimum atomic E-state index is 0.358. The lowest BCUT2D eigenvalue weighted by molar-refractivity contribution is -0.102. The first-order chi connectivity index (χ1) is 9.33. The van der Waals surface area contributed by atoms with E-state index >= 15 is 0 Å². The van der Waals surface area contributed by atoms with E-state index in [4.69, 9.17) is 4.74 Å². The molecule has 0 unspecified atom stereocenters. The van der Waals surface area contributed by atoms with Gasteiger partial charge in [0.1, 0.15) is 11.5 Å². The van der Waals surface area contributed by atoms with Crippen LogP contribution in [0.4, 0.5) is 5.69 Å². The maximum Gasteiger partial charge on any atom is 0.170 e. The summed E-state index contributed by atoms with van der Waals surface area (Å²) in [6.07, 6.45) is 0.728. The van der Waals surface area contributed by atoms with Gasteiger partial charge in [-0.3, -0.25) is 10.2 Å². The van der Waals surface area contributed by atoms with Crippen molar-refractivity contribution in [1.82, 2.24) is 0 Å². The van der Waals surface area contributed by atoms with E-state index in [0.717, 1.165) is 23.3 Å². The zero-order valence-corrected chi connectivity index (χ0v) is 10.5. The van der Waals surface area contributed by atoms with Gasteiger partial charge in [-0.2, -0.15) is 5.10 Å². The zero-order valence-electron chi connectivity index (χ0n) is 10.5. The molecule has 0 aromatic heterocycles. The number of methoxy groups -OCH3 is 1. The number of benzene rings is 2. The Morgan fingerprint density at radius 2 is 1.79 bits per heavy atom. The number of rotatable bonds is 5. The van der Waals surface area contributed by atoms with Crippen LogP contribution >= 0.6 is 0 Å². The highest BCUT2D eigenvalue weighted by Gasteiger charge is 2.01. The molecule has 0 saturated heterocycles. The number of nitrogens with zero attached hydrogens (tertiary/aromatic N) is 1. The normalized spacial score (nSPS) is 10.9. The van der Waals surface area contributed by atoms with Gasteiger partial charge in [0, 0.05) is 5.56 Å². The fourth-order valence-electron chi connectivity index (χ4n) is 1.56. The van der Waals surface area contributed by atoms with Crippen LogP contribution in [0.2, 0.25) is 0 Å². The number of anilines is 1. The van der Waals surface area contributed by atoms with Crippen LogP contribution in [-0.2, 0) is 4.79 Å². The van der Waals surface area contributed by atoms with Crippen LogP contribution < -0.4 is 10.2 Å². The summed E-state index contributed by atoms with van der Waals surface area (Å²) < 4.78 is 5.07. The average Bonchev–Trinajstić information content (AvgIpc) is 2.49. The molecule has 0 radical (unpaired) electrons. The van der Waals surface area contributed by atoms with Gasteiger partial charge in [0.15, 0.2) is 6.29 Å². The summed E-state index contributed by atoms with van der Waals surface area (Å²) in [5.74, 6) is 0.771. The highest BCUT2D eigenvalue weighted by Crippen LogP contribution is 2.15. The molecule has 0 fully saturated rings. The second-order valence-electron chi connectivity index (χ2n) is 3.82. The summed E-state index contributed by atoms with van der Waals surface area (Å²) in [6.45, 7) is 0. The lowest BCUT2D eigenvalue weighted by Gasteiger charge is -2.04. The zero-order chi connectivity index (χ0) is 13.5. The van der Waals surface area contributed by atoms with E-state index in [2.05, 4.69) is 10.5 Å². The van der Waals surface area contributed by atoms with E-state index in [-0.39, 0.29) is 0 Å². The first kappa shape index (κ1) is 12.8. The molecule has 19 heavy (non-hydrogen) atoms. The average molecular weight is 254 g/mol. The Balaban J connectivity index is 2.13. The number of hydrogen-bond acceptors (Lipinski definition) is 4. The molecule has 0 aliphatic carbocycles. The number of carbonyl (C=O) groups is 1. The van der Waals surface area contributed by atoms with Crippen LogP contribution in [0.3, 0.4) is 0 Å². The molecular weight excluding hydrogens is 240 g/mol. The lowest BCUT2D eigenvalue weighted by atomic mass is 10.1. The third-order valence-electron chi connectivity index (χ3n) is 2.58. The van der Waals surface area contributed by atoms with E-state index in [1.54, 1.807) is 7.11 Å². The van der Waals surface area contributed by atoms with Crippen LogP contribution in [0, 0.1) is 0 Å². The Labute approximate surface area is 111 Å². The summed E-state index contributed by atoms with van der Waals surface area (Å²) in [5, 5.41) is 4.10. The summed E-state index contributed by atoms with van der Waals surface area (Å²) >= 11 is 0. The number of carbonyl (C=O) groups excluding carboxylic acids is 1. The first-order valence-corrected chi connectivity index (χ1v) is 5.82. The Kier molecular flexibility index (Phi) is 4.29. The Bertz CT molecular complexity index is 562. The van der Waals surface area contributed by atoms with Crippen LogP contribution in [-0.4, -0.2) is 19.1 Å². The van der Waals surface area contributed by atoms with Crippen molar-refractivity contribution in [2.24, 2.45) is 5.10 Å². The SMILES string of the molecule is COc1ccc(N/N=C(\C=O)c2ccccc2)cc1. The van der Waals surface area contributed by atoms with Crippen LogP contribution in [0.15, 0.2) is 59.7 Å². The number of nitrogens with one attached hydrogen (secondary N) is 1. The molecule has 0 amide bonds. The molecule has 0 aliphatic rings. The molecule has 4 nitrogen and oxygen atoms in total. The van der Waals surface area contributed by atoms with Gasteiger partial charge in [-0.15, -0.1) is 0 Å². The van der Waals surface area contributed by atoms with Crippen molar-refractivity contribution < 1.29 is 9.53 Å². The maximum atomic E-state index is 11.0. The Hall–Kier alpha value is -2.62. The molecule has 0 spiro atoms. The summed E-state index contributed by atoms with van der Waals surface area (Å²) in [4.78, 5) is 11.0. The molecular formula is C15H14N2O2. The van der Waals surface area contributed by atoms with E-state index in [0.29, 0.717) is 5.71 Å². The molecule has 2 rings (SSSR count). The van der Waals surface area contributed by atoms with Crippen molar-refractivity contribution in [3.8, 4) is 5.75 Å². The molecule has 96 valence electrons. The second kappa shape index (κ2) is 6.35. The van der Waals surface area contributed by atoms with Crippen molar-refractivity contribution in [3.05, 3.63) is 60.2 Å². The van der Waals surface area contributed by atoms with Gasteiger partial charge >= 0.3 is 0 Å². The van der Waals surface area contributed by atoms with Gasteiger partial charge in [-0.1, -0.05) is 30.3 Å². The number of ether oxygens (including phenoxy) is 1. The summed E-state index contributed by atoms with van der Waals surface area (Å²) in [6, 6.07) is 16.6. The van der Waals surface area contributed by atoms with Gasteiger partial charge < -0.3 is 4.74 Å². The molecule has 0 aliphatic heterocycles. The minimum Gasteiger partial charge on any atom is -0.497 e. The van der Waals surface area contributed by atoms with E-state index < -0.39 is 0 Å². The monoisotopic (exact) mass is 254 g/mol. The van der Waals surface area contributed by atoms with Crippen molar-refractivity contribution in [2.75, 3.05) is 12.5 Å². The second-order valence-corrected chi connectivity index (χ2v) is 3.82. The van der Waals surface area contributed by atoms with Crippen molar-refractivity contribution in [3.63, 3.8) is 0 Å². The van der Waals surface area contributed by atoms with E-state index in [9.17, 15) is 4.79 Å². The fourth-order valence-corrected chi connectivity index (χ4v) is 1.56. The predicted octanol–water partition coefficient (Wildman–Crippen LogP) is 2.71. The molecule has 1 N–H and O–H groups in total. The van der Waals surface area contributed by atoms with Crippen molar-refractivity contribution >= 4 is 17.7 Å². The van der Waals surface area contributed by atoms with Crippen LogP contribution in [0.1, 0.15) is 5.56 Å². The molecule has 0 atom stereocenters. The van der Waals surface area contributed by atoms with Crippen molar-refractivity contribution in [1.29, 1.82) is 0 Å². The van der Waals surface area contributed by atoms with Crippen LogP contribution in [0.5, 0.6) is 5.75 Å². The molecule has 0 bridgehead atoms. The molecule has 4 heteroatoms. The third kappa shape index (κ3) is 3.42. The smallest absolute Gasteiger partial charge is 0.170 e. The number of hydrogen-bond donors (Lipinski definition) is 1. The van der Waals surface area contributed by atoms with Gasteiger partial charge in [-0.25, -0.2) is 0 Å². The van der Waals surface area contributed by atoms with Gasteiger partial charge in [0.25, 0.3) is 0 Å². The topological polar surface area (TPSA) is 50.7 Å². The number of hydrazone groups is 1. The van der Waals surface area contributed by atoms with E-state index in [1.165, 1.54) is 0 Å². The highest BCUT2D eigenvalue weighted by atomic mass is 16.5. The Morgan fingerprint density at radius 1 is 1.11 bits per heavy atom. The highest BCUT2D eigenvalue weighted by molar-refractivity contribution is 6.36. The van der Waals surface area contributed by atoms with Crippen molar-refractivity contribution in [2.45, 2.75) is 0 Å². The quantitative estimate of drug-likeness (QED) is 0.507. The van der Waals surface area contributed by atoms with Crippen LogP contribution in [0.25, 0.3) is 0 Å². The largest absolute Gasteiger partial charge is 0.497 e. The van der Waals surface area contributed by atoms with E-state index in [1.807, 2.05) is 54.6 Å². The fraction of sp³-hybridized carbons (Fsp3) is 0.0667. The maximum absolute atomic E-state index is 11.0. The summed E-state index contributed by atoms with van der Waals surface area (Å²) in [7, 11) is 1.61. The predicted molar refractivity (Wildman–Crippen MR) is 75.7 cm³/mol. The molecule has 0 saturated carbocycles. The molecule has 2 aromatic rings. The Morgan fingerprint density at radius 3 is 2.37 bits per heavy atom. The first-order valence-electron chi connectivity index (χ1n) is 5.82. The lowest BCUT2D eigenvalue weighted by Crippen LogP contribution is -2.05. The number of aldehydes is 1. The molecule has 0 heterocycles. The van der Waals surface area contributed by atoms with Gasteiger partial charge in [0.05, 0.1) is 12.8 Å². The standard InChI is InChI=1S/C15H14N2O2/c1-19-14-9-7-13(8-10-14)16-17-15(11-18)12-5-3-2-4-6-12/h2-11,16H,1H3/b17-15+.